The fourth-order valence-electron chi connectivity index (χ4n) is 4.88. The molecule has 13 heteroatoms. The summed E-state index contributed by atoms with van der Waals surface area (Å²) in [4.78, 5) is 36.2. The van der Waals surface area contributed by atoms with Crippen LogP contribution >= 0.6 is 0 Å². The monoisotopic (exact) mass is 566 g/mol. The highest BCUT2D eigenvalue weighted by Crippen LogP contribution is 2.35. The van der Waals surface area contributed by atoms with E-state index in [0.717, 1.165) is 44.5 Å². The van der Waals surface area contributed by atoms with E-state index in [1.54, 1.807) is 18.2 Å². The molecule has 41 heavy (non-hydrogen) atoms. The number of pyridine rings is 1. The summed E-state index contributed by atoms with van der Waals surface area (Å²) in [6, 6.07) is 9.02. The second-order valence-electron chi connectivity index (χ2n) is 9.46. The third-order valence-corrected chi connectivity index (χ3v) is 7.18. The van der Waals surface area contributed by atoms with Crippen LogP contribution in [0, 0.1) is 21.7 Å². The van der Waals surface area contributed by atoms with Gasteiger partial charge in [-0.25, -0.2) is 13.8 Å². The van der Waals surface area contributed by atoms with Crippen molar-refractivity contribution in [2.24, 2.45) is 0 Å². The summed E-state index contributed by atoms with van der Waals surface area (Å²) < 4.78 is 39.6. The number of nitro benzene ring substituents is 1. The Balaban J connectivity index is 1.42. The number of aromatic amines is 1. The van der Waals surface area contributed by atoms with E-state index in [2.05, 4.69) is 32.0 Å². The van der Waals surface area contributed by atoms with Gasteiger partial charge >= 0.3 is 0 Å². The molecule has 0 spiro atoms. The van der Waals surface area contributed by atoms with E-state index in [0.29, 0.717) is 10.9 Å². The van der Waals surface area contributed by atoms with Crippen molar-refractivity contribution < 1.29 is 28.0 Å². The van der Waals surface area contributed by atoms with Gasteiger partial charge in [-0.05, 0) is 30.8 Å². The van der Waals surface area contributed by atoms with Gasteiger partial charge in [-0.2, -0.15) is 0 Å². The van der Waals surface area contributed by atoms with Crippen molar-refractivity contribution in [1.82, 2.24) is 14.9 Å². The van der Waals surface area contributed by atoms with E-state index >= 15 is 0 Å². The smallest absolute Gasteiger partial charge is 0.294 e. The zero-order valence-corrected chi connectivity index (χ0v) is 22.7. The van der Waals surface area contributed by atoms with Gasteiger partial charge in [0.1, 0.15) is 17.1 Å². The van der Waals surface area contributed by atoms with Crippen molar-refractivity contribution in [3.05, 3.63) is 75.6 Å². The van der Waals surface area contributed by atoms with Crippen LogP contribution in [0.5, 0.6) is 11.5 Å². The molecule has 2 aromatic carbocycles. The van der Waals surface area contributed by atoms with Crippen LogP contribution in [0.4, 0.5) is 31.7 Å². The summed E-state index contributed by atoms with van der Waals surface area (Å²) >= 11 is 0. The molecule has 2 N–H and O–H groups in total. The quantitative estimate of drug-likeness (QED) is 0.166. The van der Waals surface area contributed by atoms with Gasteiger partial charge in [-0.1, -0.05) is 6.92 Å². The van der Waals surface area contributed by atoms with Crippen LogP contribution in [-0.2, 0) is 0 Å². The van der Waals surface area contributed by atoms with E-state index in [4.69, 9.17) is 9.47 Å². The molecule has 1 aliphatic rings. The van der Waals surface area contributed by atoms with E-state index in [1.165, 1.54) is 26.5 Å². The Kier molecular flexibility index (Phi) is 7.70. The lowest BCUT2D eigenvalue weighted by atomic mass is 10.1. The molecule has 2 aromatic heterocycles. The number of benzene rings is 2. The predicted octanol–water partition coefficient (Wildman–Crippen LogP) is 4.88. The fourth-order valence-corrected chi connectivity index (χ4v) is 4.88. The minimum Gasteiger partial charge on any atom is -0.494 e. The summed E-state index contributed by atoms with van der Waals surface area (Å²) in [5.74, 6) is -3.66. The van der Waals surface area contributed by atoms with Crippen molar-refractivity contribution >= 4 is 39.6 Å². The summed E-state index contributed by atoms with van der Waals surface area (Å²) in [6.45, 7) is 6.41. The van der Waals surface area contributed by atoms with E-state index in [9.17, 15) is 23.7 Å². The van der Waals surface area contributed by atoms with E-state index in [-0.39, 0.29) is 34.4 Å². The highest BCUT2D eigenvalue weighted by Gasteiger charge is 2.28. The minimum atomic E-state index is -1.15. The highest BCUT2D eigenvalue weighted by atomic mass is 19.1. The standard InChI is InChI=1S/C28H28F2N6O5/c1-4-34-7-9-35(10-8-34)17-5-6-18(21(13-17)36(38)39)33-24-12-16-11-19(32-20(16)15-31-24)28(37)25-26(29)22(40-2)14-23(41-3)27(25)30/h5-6,11-15,32H,4,7-10H2,1-3H3,(H,31,33). The Morgan fingerprint density at radius 1 is 1.07 bits per heavy atom. The normalized spacial score (nSPS) is 13.8. The molecule has 0 bridgehead atoms. The molecule has 4 aromatic rings. The molecular formula is C28H28F2N6O5. The number of fused-ring (bicyclic) bond motifs is 1. The number of rotatable bonds is 9. The number of nitrogens with zero attached hydrogens (tertiary/aromatic N) is 4. The van der Waals surface area contributed by atoms with Crippen LogP contribution < -0.4 is 19.7 Å². The number of ether oxygens (including phenoxy) is 2. The van der Waals surface area contributed by atoms with Gasteiger partial charge in [0.15, 0.2) is 23.1 Å². The Morgan fingerprint density at radius 2 is 1.76 bits per heavy atom. The van der Waals surface area contributed by atoms with Crippen molar-refractivity contribution in [2.45, 2.75) is 6.92 Å². The Morgan fingerprint density at radius 3 is 2.37 bits per heavy atom. The molecule has 3 heterocycles. The molecule has 1 aliphatic heterocycles. The number of anilines is 3. The second-order valence-corrected chi connectivity index (χ2v) is 9.46. The molecule has 11 nitrogen and oxygen atoms in total. The number of ketones is 1. The van der Waals surface area contributed by atoms with Crippen LogP contribution in [0.3, 0.4) is 0 Å². The SMILES string of the molecule is CCN1CCN(c2ccc(Nc3cc4cc(C(=O)c5c(F)c(OC)cc(OC)c5F)[nH]c4cn3)c([N+](=O)[O-])c2)CC1. The van der Waals surface area contributed by atoms with Gasteiger partial charge in [-0.3, -0.25) is 14.9 Å². The second kappa shape index (κ2) is 11.4. The Labute approximate surface area is 233 Å². The fraction of sp³-hybridized carbons (Fsp3) is 0.286. The van der Waals surface area contributed by atoms with Gasteiger partial charge in [0, 0.05) is 49.4 Å². The van der Waals surface area contributed by atoms with Gasteiger partial charge < -0.3 is 29.6 Å². The Hall–Kier alpha value is -4.78. The highest BCUT2D eigenvalue weighted by molar-refractivity contribution is 6.11. The van der Waals surface area contributed by atoms with Crippen LogP contribution in [0.15, 0.2) is 42.6 Å². The van der Waals surface area contributed by atoms with Crippen LogP contribution in [0.2, 0.25) is 0 Å². The third kappa shape index (κ3) is 5.35. The lowest BCUT2D eigenvalue weighted by molar-refractivity contribution is -0.383. The largest absolute Gasteiger partial charge is 0.494 e. The van der Waals surface area contributed by atoms with Crippen LogP contribution in [-0.4, -0.2) is 72.5 Å². The lowest BCUT2D eigenvalue weighted by Gasteiger charge is -2.35. The first-order valence-electron chi connectivity index (χ1n) is 12.9. The number of halogens is 2. The molecule has 214 valence electrons. The summed E-state index contributed by atoms with van der Waals surface area (Å²) in [6.07, 6.45) is 1.42. The summed E-state index contributed by atoms with van der Waals surface area (Å²) in [7, 11) is 2.39. The molecule has 0 radical (unpaired) electrons. The number of methoxy groups -OCH3 is 2. The van der Waals surface area contributed by atoms with Gasteiger partial charge in [0.2, 0.25) is 5.78 Å². The first-order valence-corrected chi connectivity index (χ1v) is 12.9. The van der Waals surface area contributed by atoms with Crippen molar-refractivity contribution in [3.63, 3.8) is 0 Å². The minimum absolute atomic E-state index is 0.0921. The zero-order chi connectivity index (χ0) is 29.3. The molecule has 5 rings (SSSR count). The maximum Gasteiger partial charge on any atom is 0.294 e. The summed E-state index contributed by atoms with van der Waals surface area (Å²) in [5, 5.41) is 15.4. The van der Waals surface area contributed by atoms with E-state index < -0.39 is 27.9 Å². The average Bonchev–Trinajstić information content (AvgIpc) is 3.41. The maximum atomic E-state index is 14.9. The molecule has 0 amide bonds. The topological polar surface area (TPSA) is 126 Å². The number of H-pyrrole nitrogens is 1. The van der Waals surface area contributed by atoms with Crippen LogP contribution in [0.25, 0.3) is 10.9 Å². The van der Waals surface area contributed by atoms with Crippen molar-refractivity contribution in [3.8, 4) is 11.5 Å². The average molecular weight is 567 g/mol. The number of hydrogen-bond acceptors (Lipinski definition) is 9. The van der Waals surface area contributed by atoms with Gasteiger partial charge in [-0.15, -0.1) is 0 Å². The van der Waals surface area contributed by atoms with Crippen LogP contribution in [0.1, 0.15) is 23.0 Å². The van der Waals surface area contributed by atoms with E-state index in [1.807, 2.05) is 6.07 Å². The molecule has 1 saturated heterocycles. The number of aromatic nitrogens is 2. The number of carbonyl (C=O) groups is 1. The predicted molar refractivity (Wildman–Crippen MR) is 150 cm³/mol. The first-order chi connectivity index (χ1) is 19.7. The number of likely N-dealkylation sites (N-methyl/N-ethyl adjacent to an activating group) is 1. The molecule has 1 fully saturated rings. The molecule has 0 unspecified atom stereocenters. The third-order valence-electron chi connectivity index (χ3n) is 7.18. The molecular weight excluding hydrogens is 538 g/mol. The van der Waals surface area contributed by atoms with Gasteiger partial charge in [0.25, 0.3) is 5.69 Å². The number of nitrogens with one attached hydrogen (secondary N) is 2. The molecule has 0 aliphatic carbocycles. The zero-order valence-electron chi connectivity index (χ0n) is 22.7. The number of piperazine rings is 1. The Bertz CT molecular complexity index is 1610. The molecule has 0 saturated carbocycles. The first kappa shape index (κ1) is 27.8. The number of carbonyl (C=O) groups excluding carboxylic acids is 1. The lowest BCUT2D eigenvalue weighted by Crippen LogP contribution is -2.46. The van der Waals surface area contributed by atoms with Gasteiger partial charge in [0.05, 0.1) is 36.6 Å². The summed E-state index contributed by atoms with van der Waals surface area (Å²) in [5.41, 5.74) is 0.411. The maximum absolute atomic E-state index is 14.9. The van der Waals surface area contributed by atoms with Crippen molar-refractivity contribution in [2.75, 3.05) is 57.2 Å². The number of hydrogen-bond donors (Lipinski definition) is 2. The van der Waals surface area contributed by atoms with Crippen molar-refractivity contribution in [1.29, 1.82) is 0 Å². The molecule has 0 atom stereocenters. The number of nitro groups is 1.